The number of fused-ring (bicyclic) bond motifs is 1. The van der Waals surface area contributed by atoms with E-state index in [1.807, 2.05) is 73.5 Å². The molecule has 9 heteroatoms. The zero-order valence-corrected chi connectivity index (χ0v) is 20.4. The monoisotopic (exact) mass is 498 g/mol. The third kappa shape index (κ3) is 7.19. The summed E-state index contributed by atoms with van der Waals surface area (Å²) in [5.41, 5.74) is 1.93. The second-order valence-electron chi connectivity index (χ2n) is 8.21. The lowest BCUT2D eigenvalue weighted by molar-refractivity contribution is -0.135. The van der Waals surface area contributed by atoms with E-state index in [0.29, 0.717) is 18.1 Å². The van der Waals surface area contributed by atoms with E-state index in [0.717, 1.165) is 21.2 Å². The minimum Gasteiger partial charge on any atom is -0.301 e. The van der Waals surface area contributed by atoms with Crippen LogP contribution in [0.4, 0.5) is 18.2 Å². The highest BCUT2D eigenvalue weighted by molar-refractivity contribution is 7.93. The molecule has 1 heterocycles. The van der Waals surface area contributed by atoms with Crippen molar-refractivity contribution in [2.75, 3.05) is 30.2 Å². The van der Waals surface area contributed by atoms with Gasteiger partial charge in [-0.25, -0.2) is 8.42 Å². The quantitative estimate of drug-likeness (QED) is 0.295. The molecule has 0 radical (unpaired) electrons. The van der Waals surface area contributed by atoms with Crippen LogP contribution in [-0.4, -0.2) is 45.4 Å². The van der Waals surface area contributed by atoms with Crippen LogP contribution in [0.5, 0.6) is 0 Å². The van der Waals surface area contributed by atoms with Gasteiger partial charge in [0.15, 0.2) is 0 Å². The van der Waals surface area contributed by atoms with Crippen molar-refractivity contribution in [3.05, 3.63) is 65.7 Å². The van der Waals surface area contributed by atoms with E-state index in [-0.39, 0.29) is 25.1 Å². The Hall–Kier alpha value is -2.10. The molecule has 0 spiro atoms. The summed E-state index contributed by atoms with van der Waals surface area (Å²) in [6.45, 7) is 2.84. The minimum atomic E-state index is -4.24. The van der Waals surface area contributed by atoms with Gasteiger partial charge in [0, 0.05) is 30.8 Å². The molecule has 2 aromatic carbocycles. The van der Waals surface area contributed by atoms with Gasteiger partial charge in [-0.1, -0.05) is 48.5 Å². The first-order valence-corrected chi connectivity index (χ1v) is 13.3. The van der Waals surface area contributed by atoms with Crippen LogP contribution < -0.4 is 4.31 Å². The third-order valence-electron chi connectivity index (χ3n) is 5.48. The molecule has 0 saturated carbocycles. The largest absolute Gasteiger partial charge is 0.389 e. The molecule has 0 amide bonds. The average Bonchev–Trinajstić information content (AvgIpc) is 3.08. The lowest BCUT2D eigenvalue weighted by atomic mass is 10.2. The van der Waals surface area contributed by atoms with E-state index >= 15 is 0 Å². The van der Waals surface area contributed by atoms with Gasteiger partial charge in [-0.2, -0.15) is 13.2 Å². The zero-order chi connectivity index (χ0) is 24.1. The predicted octanol–water partition coefficient (Wildman–Crippen LogP) is 6.21. The summed E-state index contributed by atoms with van der Waals surface area (Å²) in [5, 5.41) is 1.56. The maximum Gasteiger partial charge on any atom is 0.389 e. The number of halogens is 3. The molecule has 3 aromatic rings. The van der Waals surface area contributed by atoms with Gasteiger partial charge in [0.2, 0.25) is 10.0 Å². The SMILES string of the molecule is Cc1c(N(CCCCC(F)(F)F)S(=O)(=O)CCN(C)Cc2ccccc2)sc2ccccc12. The lowest BCUT2D eigenvalue weighted by Crippen LogP contribution is -2.37. The van der Waals surface area contributed by atoms with Crippen molar-refractivity contribution in [2.45, 2.75) is 38.9 Å². The standard InChI is InChI=1S/C24H29F3N2O2S2/c1-19-21-12-6-7-13-22(21)32-23(19)29(15-9-8-14-24(25,26)27)33(30,31)17-16-28(2)18-20-10-4-3-5-11-20/h3-7,10-13H,8-9,14-18H2,1-2H3. The number of hydrogen-bond acceptors (Lipinski definition) is 4. The van der Waals surface area contributed by atoms with Crippen molar-refractivity contribution < 1.29 is 21.6 Å². The molecule has 180 valence electrons. The first kappa shape index (κ1) is 25.5. The Balaban J connectivity index is 1.77. The van der Waals surface area contributed by atoms with E-state index in [2.05, 4.69) is 0 Å². The third-order valence-corrected chi connectivity index (χ3v) is 8.63. The summed E-state index contributed by atoms with van der Waals surface area (Å²) in [6, 6.07) is 17.4. The van der Waals surface area contributed by atoms with Crippen LogP contribution in [0.15, 0.2) is 54.6 Å². The Bertz CT molecular complexity index is 1150. The maximum atomic E-state index is 13.4. The number of hydrogen-bond donors (Lipinski definition) is 0. The van der Waals surface area contributed by atoms with E-state index in [9.17, 15) is 21.6 Å². The number of benzene rings is 2. The molecule has 0 aliphatic heterocycles. The molecule has 1 aromatic heterocycles. The van der Waals surface area contributed by atoms with Gasteiger partial charge >= 0.3 is 6.18 Å². The number of unbranched alkanes of at least 4 members (excludes halogenated alkanes) is 1. The van der Waals surface area contributed by atoms with Crippen molar-refractivity contribution in [1.29, 1.82) is 0 Å². The van der Waals surface area contributed by atoms with E-state index < -0.39 is 22.6 Å². The van der Waals surface area contributed by atoms with E-state index in [1.165, 1.54) is 15.6 Å². The number of sulfonamides is 1. The van der Waals surface area contributed by atoms with Gasteiger partial charge < -0.3 is 4.90 Å². The van der Waals surface area contributed by atoms with E-state index in [1.54, 1.807) is 0 Å². The summed E-state index contributed by atoms with van der Waals surface area (Å²) in [4.78, 5) is 1.94. The van der Waals surface area contributed by atoms with Crippen LogP contribution in [0.25, 0.3) is 10.1 Å². The molecule has 0 fully saturated rings. The van der Waals surface area contributed by atoms with Crippen LogP contribution in [-0.2, 0) is 16.6 Å². The number of nitrogens with zero attached hydrogens (tertiary/aromatic N) is 2. The van der Waals surface area contributed by atoms with Crippen molar-refractivity contribution >= 4 is 36.4 Å². The summed E-state index contributed by atoms with van der Waals surface area (Å²) in [7, 11) is -1.87. The number of aryl methyl sites for hydroxylation is 1. The molecular weight excluding hydrogens is 469 g/mol. The molecule has 33 heavy (non-hydrogen) atoms. The topological polar surface area (TPSA) is 40.6 Å². The summed E-state index contributed by atoms with van der Waals surface area (Å²) >= 11 is 1.37. The lowest BCUT2D eigenvalue weighted by Gasteiger charge is -2.25. The van der Waals surface area contributed by atoms with Crippen LogP contribution in [0.3, 0.4) is 0 Å². The van der Waals surface area contributed by atoms with Gasteiger partial charge in [-0.15, -0.1) is 11.3 Å². The van der Waals surface area contributed by atoms with Crippen LogP contribution in [0.1, 0.15) is 30.4 Å². The minimum absolute atomic E-state index is 0.0362. The summed E-state index contributed by atoms with van der Waals surface area (Å²) in [6.07, 6.45) is -5.11. The maximum absolute atomic E-state index is 13.4. The molecule has 0 aliphatic carbocycles. The Morgan fingerprint density at radius 3 is 2.27 bits per heavy atom. The molecule has 0 atom stereocenters. The Morgan fingerprint density at radius 1 is 0.939 bits per heavy atom. The first-order chi connectivity index (χ1) is 15.6. The molecule has 0 aliphatic rings. The second kappa shape index (κ2) is 10.9. The fraction of sp³-hybridized carbons (Fsp3) is 0.417. The highest BCUT2D eigenvalue weighted by atomic mass is 32.2. The van der Waals surface area contributed by atoms with E-state index in [4.69, 9.17) is 0 Å². The van der Waals surface area contributed by atoms with Gasteiger partial charge in [0.25, 0.3) is 0 Å². The average molecular weight is 499 g/mol. The molecular formula is C24H29F3N2O2S2. The fourth-order valence-corrected chi connectivity index (χ4v) is 6.86. The second-order valence-corrected chi connectivity index (χ2v) is 11.3. The summed E-state index contributed by atoms with van der Waals surface area (Å²) in [5.74, 6) is -0.108. The molecule has 0 bridgehead atoms. The van der Waals surface area contributed by atoms with Crippen molar-refractivity contribution in [1.82, 2.24) is 4.90 Å². The van der Waals surface area contributed by atoms with Crippen LogP contribution >= 0.6 is 11.3 Å². The molecule has 0 saturated heterocycles. The fourth-order valence-electron chi connectivity index (χ4n) is 3.70. The Morgan fingerprint density at radius 2 is 1.61 bits per heavy atom. The molecule has 3 rings (SSSR count). The van der Waals surface area contributed by atoms with Gasteiger partial charge in [-0.3, -0.25) is 4.31 Å². The van der Waals surface area contributed by atoms with Gasteiger partial charge in [0.05, 0.1) is 5.75 Å². The van der Waals surface area contributed by atoms with Crippen molar-refractivity contribution in [3.63, 3.8) is 0 Å². The molecule has 4 nitrogen and oxygen atoms in total. The molecule has 0 unspecified atom stereocenters. The molecule has 0 N–H and O–H groups in total. The number of rotatable bonds is 11. The number of anilines is 1. The van der Waals surface area contributed by atoms with Crippen LogP contribution in [0, 0.1) is 6.92 Å². The number of thiophene rings is 1. The summed E-state index contributed by atoms with van der Waals surface area (Å²) < 4.78 is 66.9. The van der Waals surface area contributed by atoms with Crippen molar-refractivity contribution in [3.8, 4) is 0 Å². The highest BCUT2D eigenvalue weighted by Crippen LogP contribution is 2.39. The highest BCUT2D eigenvalue weighted by Gasteiger charge is 2.29. The number of alkyl halides is 3. The predicted molar refractivity (Wildman–Crippen MR) is 130 cm³/mol. The zero-order valence-electron chi connectivity index (χ0n) is 18.8. The van der Waals surface area contributed by atoms with Gasteiger partial charge in [0.1, 0.15) is 5.00 Å². The first-order valence-electron chi connectivity index (χ1n) is 10.8. The van der Waals surface area contributed by atoms with Crippen molar-refractivity contribution in [2.24, 2.45) is 0 Å². The normalized spacial score (nSPS) is 12.5. The Kier molecular flexibility index (Phi) is 8.42. The smallest absolute Gasteiger partial charge is 0.301 e. The Labute approximate surface area is 197 Å². The van der Waals surface area contributed by atoms with Crippen LogP contribution in [0.2, 0.25) is 0 Å². The van der Waals surface area contributed by atoms with Gasteiger partial charge in [-0.05, 0) is 49.4 Å².